The van der Waals surface area contributed by atoms with E-state index in [0.717, 1.165) is 112 Å². The Labute approximate surface area is 383 Å². The molecule has 2 aromatic heterocycles. The van der Waals surface area contributed by atoms with E-state index in [4.69, 9.17) is 37.9 Å². The predicted octanol–water partition coefficient (Wildman–Crippen LogP) is 11.4. The summed E-state index contributed by atoms with van der Waals surface area (Å²) in [7, 11) is 1.70. The lowest BCUT2D eigenvalue weighted by molar-refractivity contribution is 0.317. The van der Waals surface area contributed by atoms with Gasteiger partial charge in [-0.25, -0.2) is 9.97 Å². The molecule has 4 heterocycles. The molecule has 0 bridgehead atoms. The van der Waals surface area contributed by atoms with Gasteiger partial charge in [0.1, 0.15) is 34.2 Å². The lowest BCUT2D eigenvalue weighted by Crippen LogP contribution is -2.49. The monoisotopic (exact) mass is 890 g/mol. The summed E-state index contributed by atoms with van der Waals surface area (Å²) < 4.78 is 5.64. The third kappa shape index (κ3) is 12.6. The Hall–Kier alpha value is -5.00. The Bertz CT molecular complexity index is 2440. The minimum Gasteiger partial charge on any atom is -0.506 e. The van der Waals surface area contributed by atoms with Gasteiger partial charge in [0.05, 0.1) is 7.11 Å². The van der Waals surface area contributed by atoms with Crippen molar-refractivity contribution in [2.75, 3.05) is 53.7 Å². The van der Waals surface area contributed by atoms with E-state index < -0.39 is 0 Å². The van der Waals surface area contributed by atoms with Crippen LogP contribution in [0.4, 0.5) is 23.0 Å². The summed E-state index contributed by atoms with van der Waals surface area (Å²) in [5, 5.41) is 28.5. The Morgan fingerprint density at radius 3 is 1.44 bits per heavy atom. The van der Waals surface area contributed by atoms with Gasteiger partial charge in [-0.05, 0) is 115 Å². The lowest BCUT2D eigenvalue weighted by Gasteiger charge is -2.37. The number of piperidine rings is 2. The number of nitrogens with one attached hydrogen (secondary N) is 4. The zero-order chi connectivity index (χ0) is 44.7. The lowest BCUT2D eigenvalue weighted by atomic mass is 9.99. The van der Waals surface area contributed by atoms with E-state index in [1.165, 1.54) is 5.69 Å². The minimum atomic E-state index is 0.126. The van der Waals surface area contributed by atoms with E-state index in [1.54, 1.807) is 13.2 Å². The number of rotatable bonds is 11. The molecule has 6 aromatic rings. The molecule has 0 saturated carbocycles. The van der Waals surface area contributed by atoms with Gasteiger partial charge in [-0.3, -0.25) is 0 Å². The number of fused-ring (bicyclic) bond motifs is 2. The van der Waals surface area contributed by atoms with Gasteiger partial charge in [-0.2, -0.15) is 0 Å². The zero-order valence-corrected chi connectivity index (χ0v) is 39.4. The molecule has 0 radical (unpaired) electrons. The van der Waals surface area contributed by atoms with E-state index in [2.05, 4.69) is 90.8 Å². The number of anilines is 4. The number of phenolic OH excluding ortho intramolecular Hbond substituents is 1. The van der Waals surface area contributed by atoms with E-state index >= 15 is 0 Å². The molecule has 2 aliphatic rings. The minimum absolute atomic E-state index is 0.126. The van der Waals surface area contributed by atoms with E-state index in [1.807, 2.05) is 72.8 Å². The van der Waals surface area contributed by atoms with Crippen LogP contribution in [0.15, 0.2) is 97.1 Å². The van der Waals surface area contributed by atoms with Crippen LogP contribution in [0.5, 0.6) is 11.5 Å². The molecule has 2 saturated heterocycles. The first kappa shape index (κ1) is 46.0. The molecule has 2 aliphatic heterocycles. The van der Waals surface area contributed by atoms with E-state index in [0.29, 0.717) is 30.7 Å². The number of methoxy groups -OCH3 is 1. The molecule has 63 heavy (non-hydrogen) atoms. The van der Waals surface area contributed by atoms with Crippen molar-refractivity contribution in [3.05, 3.63) is 118 Å². The molecule has 0 unspecified atom stereocenters. The van der Waals surface area contributed by atoms with Gasteiger partial charge >= 0.3 is 0 Å². The summed E-state index contributed by atoms with van der Waals surface area (Å²) in [4.78, 5) is 14.5. The van der Waals surface area contributed by atoms with Crippen molar-refractivity contribution >= 4 is 68.0 Å². The highest BCUT2D eigenvalue weighted by molar-refractivity contribution is 6.30. The number of benzene rings is 4. The summed E-state index contributed by atoms with van der Waals surface area (Å²) in [6, 6.07) is 32.8. The van der Waals surface area contributed by atoms with Crippen LogP contribution in [-0.2, 0) is 13.1 Å². The van der Waals surface area contributed by atoms with Gasteiger partial charge in [0.2, 0.25) is 0 Å². The average Bonchev–Trinajstić information content (AvgIpc) is 3.25. The normalized spacial score (nSPS) is 15.3. The Balaban J connectivity index is 0.000000189. The summed E-state index contributed by atoms with van der Waals surface area (Å²) in [5.41, 5.74) is 6.40. The van der Waals surface area contributed by atoms with Gasteiger partial charge < -0.3 is 40.9 Å². The van der Waals surface area contributed by atoms with Crippen LogP contribution in [0.1, 0.15) is 78.4 Å². The second-order valence-electron chi connectivity index (χ2n) is 18.9. The fourth-order valence-electron chi connectivity index (χ4n) is 8.63. The van der Waals surface area contributed by atoms with Crippen LogP contribution in [0.25, 0.3) is 21.8 Å². The number of hydrogen-bond donors (Lipinski definition) is 5. The highest BCUT2D eigenvalue weighted by Crippen LogP contribution is 2.37. The second kappa shape index (κ2) is 20.2. The van der Waals surface area contributed by atoms with Crippen molar-refractivity contribution in [3.63, 3.8) is 0 Å². The SMILES string of the molecule is CC(C)(C)NC1CCN(c2cc(NCc3ccc(Cl)cc3)nc3c(O)cccc23)CC1.COc1cccc2c(N3CCC(NC(C)(C)C)CC3)cc(NCc3ccc(Cl)cc3)nc12. The molecule has 0 aliphatic carbocycles. The van der Waals surface area contributed by atoms with Gasteiger partial charge in [-0.15, -0.1) is 0 Å². The first-order valence-electron chi connectivity index (χ1n) is 22.2. The van der Waals surface area contributed by atoms with Crippen LogP contribution >= 0.6 is 23.2 Å². The first-order valence-corrected chi connectivity index (χ1v) is 23.0. The Morgan fingerprint density at radius 1 is 0.603 bits per heavy atom. The third-order valence-corrected chi connectivity index (χ3v) is 12.0. The number of aromatic nitrogens is 2. The molecular formula is C51H64Cl2N8O2. The number of para-hydroxylation sites is 2. The largest absolute Gasteiger partial charge is 0.506 e. The molecule has 2 fully saturated rings. The summed E-state index contributed by atoms with van der Waals surface area (Å²) in [6.07, 6.45) is 4.43. The highest BCUT2D eigenvalue weighted by atomic mass is 35.5. The van der Waals surface area contributed by atoms with Crippen molar-refractivity contribution in [1.29, 1.82) is 0 Å². The number of phenols is 1. The van der Waals surface area contributed by atoms with Gasteiger partial charge in [0.15, 0.2) is 0 Å². The molecule has 334 valence electrons. The van der Waals surface area contributed by atoms with Crippen LogP contribution in [0.2, 0.25) is 10.0 Å². The number of pyridine rings is 2. The fourth-order valence-corrected chi connectivity index (χ4v) is 8.88. The molecule has 4 aromatic carbocycles. The van der Waals surface area contributed by atoms with Gasteiger partial charge in [-0.1, -0.05) is 71.7 Å². The number of halogens is 2. The molecule has 12 heteroatoms. The number of hydrogen-bond acceptors (Lipinski definition) is 10. The highest BCUT2D eigenvalue weighted by Gasteiger charge is 2.26. The molecule has 10 nitrogen and oxygen atoms in total. The maximum Gasteiger partial charge on any atom is 0.145 e. The maximum atomic E-state index is 10.5. The maximum absolute atomic E-state index is 10.5. The molecular weight excluding hydrogens is 828 g/mol. The van der Waals surface area contributed by atoms with E-state index in [9.17, 15) is 5.11 Å². The molecule has 8 rings (SSSR count). The van der Waals surface area contributed by atoms with Crippen molar-refractivity contribution in [2.45, 2.75) is 103 Å². The first-order chi connectivity index (χ1) is 30.1. The van der Waals surface area contributed by atoms with Crippen molar-refractivity contribution < 1.29 is 9.84 Å². The van der Waals surface area contributed by atoms with Crippen LogP contribution < -0.4 is 35.8 Å². The number of aromatic hydroxyl groups is 1. The third-order valence-electron chi connectivity index (χ3n) is 11.5. The van der Waals surface area contributed by atoms with Crippen molar-refractivity contribution in [2.24, 2.45) is 0 Å². The summed E-state index contributed by atoms with van der Waals surface area (Å²) in [5.74, 6) is 2.61. The molecule has 0 spiro atoms. The van der Waals surface area contributed by atoms with Crippen molar-refractivity contribution in [3.8, 4) is 11.5 Å². The molecule has 0 atom stereocenters. The topological polar surface area (TPSA) is 110 Å². The fraction of sp³-hybridized carbons (Fsp3) is 0.412. The van der Waals surface area contributed by atoms with Crippen LogP contribution in [-0.4, -0.2) is 71.5 Å². The van der Waals surface area contributed by atoms with Gasteiger partial charge in [0.25, 0.3) is 0 Å². The van der Waals surface area contributed by atoms with Crippen molar-refractivity contribution in [1.82, 2.24) is 20.6 Å². The van der Waals surface area contributed by atoms with E-state index in [-0.39, 0.29) is 16.8 Å². The predicted molar refractivity (Wildman–Crippen MR) is 266 cm³/mol. The Morgan fingerprint density at radius 2 is 1.02 bits per heavy atom. The summed E-state index contributed by atoms with van der Waals surface area (Å²) >= 11 is 12.0. The average molecular weight is 892 g/mol. The smallest absolute Gasteiger partial charge is 0.145 e. The van der Waals surface area contributed by atoms with Gasteiger partial charge in [0, 0.05) is 107 Å². The number of ether oxygens (including phenoxy) is 1. The summed E-state index contributed by atoms with van der Waals surface area (Å²) in [6.45, 7) is 18.7. The standard InChI is InChI=1S/C26H33ClN4O.C25H31ClN4O/c1-26(2,3)30-20-12-14-31(15-13-20)22-16-24(28-17-18-8-10-19(27)11-9-18)29-25-21(22)6-5-7-23(25)32-4;1-25(2,3)29-19-11-13-30(14-12-19)21-15-23(27-16-17-7-9-18(26)10-8-17)28-24-20(21)5-4-6-22(24)31/h5-11,16,20,30H,12-15,17H2,1-4H3,(H,28,29);4-10,15,19,29,31H,11-14,16H2,1-3H3,(H,27,28). The second-order valence-corrected chi connectivity index (χ2v) is 19.7. The number of nitrogens with zero attached hydrogens (tertiary/aromatic N) is 4. The zero-order valence-electron chi connectivity index (χ0n) is 37.9. The molecule has 5 N–H and O–H groups in total. The quantitative estimate of drug-likeness (QED) is 0.0863. The van der Waals surface area contributed by atoms with Crippen LogP contribution in [0.3, 0.4) is 0 Å². The Kier molecular flexibility index (Phi) is 14.8. The molecule has 0 amide bonds. The van der Waals surface area contributed by atoms with Crippen LogP contribution in [0, 0.1) is 0 Å².